The van der Waals surface area contributed by atoms with Gasteiger partial charge in [-0.3, -0.25) is 0 Å². The molecule has 1 aromatic heterocycles. The molecule has 1 aromatic carbocycles. The van der Waals surface area contributed by atoms with Gasteiger partial charge in [0.15, 0.2) is 0 Å². The van der Waals surface area contributed by atoms with Crippen LogP contribution < -0.4 is 15.4 Å². The van der Waals surface area contributed by atoms with Crippen molar-refractivity contribution in [3.8, 4) is 5.75 Å². The zero-order valence-corrected chi connectivity index (χ0v) is 14.0. The normalized spacial score (nSPS) is 10.3. The molecule has 1 heterocycles. The van der Waals surface area contributed by atoms with Crippen molar-refractivity contribution in [2.75, 3.05) is 24.3 Å². The largest absolute Gasteiger partial charge is 0.495 e. The van der Waals surface area contributed by atoms with E-state index in [0.29, 0.717) is 5.95 Å². The highest BCUT2D eigenvalue weighted by molar-refractivity contribution is 9.10. The molecule has 21 heavy (non-hydrogen) atoms. The molecule has 2 N–H and O–H groups in total. The number of hydrogen-bond donors (Lipinski definition) is 2. The van der Waals surface area contributed by atoms with Gasteiger partial charge in [-0.05, 0) is 31.5 Å². The monoisotopic (exact) mass is 350 g/mol. The zero-order valence-electron chi connectivity index (χ0n) is 12.4. The average Bonchev–Trinajstić information content (AvgIpc) is 2.45. The number of aromatic nitrogens is 2. The first kappa shape index (κ1) is 15.6. The van der Waals surface area contributed by atoms with E-state index in [9.17, 15) is 0 Å². The van der Waals surface area contributed by atoms with E-state index in [-0.39, 0.29) is 0 Å². The molecule has 2 rings (SSSR count). The number of rotatable bonds is 6. The van der Waals surface area contributed by atoms with E-state index in [1.165, 1.54) is 0 Å². The Morgan fingerprint density at radius 2 is 2.05 bits per heavy atom. The molecule has 0 aliphatic carbocycles. The first-order chi connectivity index (χ1) is 10.1. The van der Waals surface area contributed by atoms with Crippen LogP contribution in [0, 0.1) is 6.92 Å². The van der Waals surface area contributed by atoms with Gasteiger partial charge in [0, 0.05) is 22.8 Å². The summed E-state index contributed by atoms with van der Waals surface area (Å²) < 4.78 is 6.33. The Bertz CT molecular complexity index is 619. The molecule has 0 atom stereocenters. The van der Waals surface area contributed by atoms with Gasteiger partial charge in [0.2, 0.25) is 5.95 Å². The Balaban J connectivity index is 2.26. The second kappa shape index (κ2) is 7.26. The van der Waals surface area contributed by atoms with Crippen molar-refractivity contribution in [3.05, 3.63) is 34.4 Å². The molecule has 112 valence electrons. The smallest absolute Gasteiger partial charge is 0.224 e. The average molecular weight is 351 g/mol. The van der Waals surface area contributed by atoms with Gasteiger partial charge in [-0.15, -0.1) is 0 Å². The van der Waals surface area contributed by atoms with Crippen molar-refractivity contribution in [1.82, 2.24) is 9.97 Å². The number of nitrogens with one attached hydrogen (secondary N) is 2. The van der Waals surface area contributed by atoms with Crippen molar-refractivity contribution in [2.24, 2.45) is 0 Å². The van der Waals surface area contributed by atoms with Gasteiger partial charge >= 0.3 is 0 Å². The summed E-state index contributed by atoms with van der Waals surface area (Å²) in [6, 6.07) is 7.69. The molecule has 5 nitrogen and oxygen atoms in total. The number of benzene rings is 1. The quantitative estimate of drug-likeness (QED) is 0.820. The summed E-state index contributed by atoms with van der Waals surface area (Å²) in [6.45, 7) is 4.90. The summed E-state index contributed by atoms with van der Waals surface area (Å²) in [6.07, 6.45) is 1.03. The van der Waals surface area contributed by atoms with E-state index >= 15 is 0 Å². The minimum absolute atomic E-state index is 0.633. The predicted molar refractivity (Wildman–Crippen MR) is 89.5 cm³/mol. The van der Waals surface area contributed by atoms with Crippen molar-refractivity contribution in [2.45, 2.75) is 20.3 Å². The molecule has 0 aliphatic heterocycles. The molecular weight excluding hydrogens is 332 g/mol. The highest BCUT2D eigenvalue weighted by Crippen LogP contribution is 2.30. The highest BCUT2D eigenvalue weighted by Gasteiger charge is 2.07. The molecular formula is C15H19BrN4O. The Morgan fingerprint density at radius 1 is 1.24 bits per heavy atom. The lowest BCUT2D eigenvalue weighted by atomic mass is 10.3. The summed E-state index contributed by atoms with van der Waals surface area (Å²) in [5.41, 5.74) is 1.76. The molecule has 0 bridgehead atoms. The van der Waals surface area contributed by atoms with Gasteiger partial charge < -0.3 is 15.4 Å². The summed E-state index contributed by atoms with van der Waals surface area (Å²) in [4.78, 5) is 8.84. The molecule has 0 amide bonds. The summed E-state index contributed by atoms with van der Waals surface area (Å²) in [5.74, 6) is 2.13. The van der Waals surface area contributed by atoms with Crippen LogP contribution in [0.3, 0.4) is 0 Å². The van der Waals surface area contributed by atoms with Crippen LogP contribution in [0.4, 0.5) is 17.5 Å². The van der Waals surface area contributed by atoms with Crippen molar-refractivity contribution < 1.29 is 4.74 Å². The molecule has 0 aliphatic rings. The molecule has 0 spiro atoms. The Hall–Kier alpha value is -1.82. The number of ether oxygens (including phenoxy) is 1. The van der Waals surface area contributed by atoms with Crippen molar-refractivity contribution in [3.63, 3.8) is 0 Å². The standard InChI is InChI=1S/C15H19BrN4O/c1-4-7-17-15-18-10(2)8-14(20-15)19-12-9-11(16)5-6-13(12)21-3/h5-6,8-9H,4,7H2,1-3H3,(H2,17,18,19,20). The Labute approximate surface area is 133 Å². The number of aryl methyl sites for hydroxylation is 1. The third kappa shape index (κ3) is 4.32. The van der Waals surface area contributed by atoms with E-state index < -0.39 is 0 Å². The lowest BCUT2D eigenvalue weighted by molar-refractivity contribution is 0.416. The van der Waals surface area contributed by atoms with E-state index in [2.05, 4.69) is 43.5 Å². The number of methoxy groups -OCH3 is 1. The van der Waals surface area contributed by atoms with E-state index in [1.54, 1.807) is 7.11 Å². The number of nitrogens with zero attached hydrogens (tertiary/aromatic N) is 2. The minimum atomic E-state index is 0.633. The molecule has 0 unspecified atom stereocenters. The van der Waals surface area contributed by atoms with Crippen LogP contribution >= 0.6 is 15.9 Å². The molecule has 0 radical (unpaired) electrons. The van der Waals surface area contributed by atoms with Crippen molar-refractivity contribution >= 4 is 33.4 Å². The van der Waals surface area contributed by atoms with Crippen molar-refractivity contribution in [1.29, 1.82) is 0 Å². The fourth-order valence-electron chi connectivity index (χ4n) is 1.86. The van der Waals surface area contributed by atoms with Gasteiger partial charge in [-0.25, -0.2) is 4.98 Å². The fourth-order valence-corrected chi connectivity index (χ4v) is 2.23. The van der Waals surface area contributed by atoms with E-state index in [0.717, 1.165) is 40.4 Å². The molecule has 6 heteroatoms. The fraction of sp³-hybridized carbons (Fsp3) is 0.333. The SMILES string of the molecule is CCCNc1nc(C)cc(Nc2cc(Br)ccc2OC)n1. The summed E-state index contributed by atoms with van der Waals surface area (Å²) in [5, 5.41) is 6.47. The molecule has 0 saturated heterocycles. The van der Waals surface area contributed by atoms with Crippen LogP contribution in [0.15, 0.2) is 28.7 Å². The third-order valence-corrected chi connectivity index (χ3v) is 3.30. The van der Waals surface area contributed by atoms with Crippen LogP contribution in [-0.2, 0) is 0 Å². The number of hydrogen-bond acceptors (Lipinski definition) is 5. The maximum atomic E-state index is 5.36. The van der Waals surface area contributed by atoms with Gasteiger partial charge in [0.25, 0.3) is 0 Å². The first-order valence-electron chi connectivity index (χ1n) is 6.82. The lowest BCUT2D eigenvalue weighted by Crippen LogP contribution is -2.07. The second-order valence-corrected chi connectivity index (χ2v) is 5.53. The maximum absolute atomic E-state index is 5.36. The third-order valence-electron chi connectivity index (χ3n) is 2.81. The van der Waals surface area contributed by atoms with Crippen LogP contribution in [-0.4, -0.2) is 23.6 Å². The number of halogens is 1. The molecule has 2 aromatic rings. The van der Waals surface area contributed by atoms with Crippen LogP contribution in [0.2, 0.25) is 0 Å². The van der Waals surface area contributed by atoms with Gasteiger partial charge in [-0.2, -0.15) is 4.98 Å². The van der Waals surface area contributed by atoms with Gasteiger partial charge in [0.1, 0.15) is 11.6 Å². The highest BCUT2D eigenvalue weighted by atomic mass is 79.9. The lowest BCUT2D eigenvalue weighted by Gasteiger charge is -2.12. The van der Waals surface area contributed by atoms with Gasteiger partial charge in [-0.1, -0.05) is 22.9 Å². The maximum Gasteiger partial charge on any atom is 0.224 e. The van der Waals surface area contributed by atoms with Crippen LogP contribution in [0.5, 0.6) is 5.75 Å². The Kier molecular flexibility index (Phi) is 5.38. The van der Waals surface area contributed by atoms with Gasteiger partial charge in [0.05, 0.1) is 12.8 Å². The Morgan fingerprint density at radius 3 is 2.76 bits per heavy atom. The molecule has 0 saturated carbocycles. The first-order valence-corrected chi connectivity index (χ1v) is 7.61. The van der Waals surface area contributed by atoms with Crippen LogP contribution in [0.25, 0.3) is 0 Å². The van der Waals surface area contributed by atoms with E-state index in [4.69, 9.17) is 4.74 Å². The second-order valence-electron chi connectivity index (χ2n) is 4.61. The van der Waals surface area contributed by atoms with E-state index in [1.807, 2.05) is 31.2 Å². The summed E-state index contributed by atoms with van der Waals surface area (Å²) in [7, 11) is 1.65. The summed E-state index contributed by atoms with van der Waals surface area (Å²) >= 11 is 3.46. The zero-order chi connectivity index (χ0) is 15.2. The molecule has 0 fully saturated rings. The number of anilines is 3. The minimum Gasteiger partial charge on any atom is -0.495 e. The topological polar surface area (TPSA) is 59.1 Å². The predicted octanol–water partition coefficient (Wildman–Crippen LogP) is 4.12. The van der Waals surface area contributed by atoms with Crippen LogP contribution in [0.1, 0.15) is 19.0 Å².